The molecule has 0 bridgehead atoms. The molecule has 4 aliphatic rings. The molecule has 13 aromatic rings. The molecular weight excluding hydrogens is 1040 g/mol. The van der Waals surface area contributed by atoms with Crippen LogP contribution in [0.2, 0.25) is 0 Å². The number of benzene rings is 11. The van der Waals surface area contributed by atoms with Crippen LogP contribution in [0.4, 0.5) is 0 Å². The van der Waals surface area contributed by atoms with Crippen molar-refractivity contribution >= 4 is 86.8 Å². The number of aromatic nitrogens is 2. The standard InChI is InChI=1S/C68H36Br2N2S/c69-39-27-31-41-42-32-28-40(70)36-52(42)62-61(51(41)35-39)71-63-64(72-62)66(38-26-30-50-48-18-6-12-24-58(48)68(60(50)34-38)55-21-9-3-15-45(55)46-16-4-10-22-56(46)68)73-65(63)37-25-29-49-47-17-5-11-23-57(47)67(59(49)33-37)53-19-7-1-13-43(53)44-14-2-8-20-54(44)67/h1-36H. The molecule has 338 valence electrons. The lowest BCUT2D eigenvalue weighted by atomic mass is 9.70. The van der Waals surface area contributed by atoms with E-state index in [1.807, 2.05) is 11.3 Å². The van der Waals surface area contributed by atoms with Gasteiger partial charge in [0.2, 0.25) is 0 Å². The van der Waals surface area contributed by atoms with Gasteiger partial charge in [0.15, 0.2) is 0 Å². The third-order valence-corrected chi connectivity index (χ3v) is 19.1. The molecular formula is C68H36Br2N2S. The Hall–Kier alpha value is -7.80. The van der Waals surface area contributed by atoms with Gasteiger partial charge in [0.05, 0.1) is 31.6 Å². The Balaban J connectivity index is 0.980. The van der Waals surface area contributed by atoms with Gasteiger partial charge in [-0.3, -0.25) is 0 Å². The summed E-state index contributed by atoms with van der Waals surface area (Å²) in [5, 5.41) is 4.46. The molecule has 0 saturated heterocycles. The Labute approximate surface area is 441 Å². The molecule has 0 atom stereocenters. The summed E-state index contributed by atoms with van der Waals surface area (Å²) in [4.78, 5) is 14.0. The van der Waals surface area contributed by atoms with E-state index in [0.29, 0.717) is 0 Å². The van der Waals surface area contributed by atoms with Crippen molar-refractivity contribution in [3.63, 3.8) is 0 Å². The van der Waals surface area contributed by atoms with Gasteiger partial charge in [-0.2, -0.15) is 0 Å². The van der Waals surface area contributed by atoms with Crippen LogP contribution >= 0.6 is 43.2 Å². The number of hydrogen-bond donors (Lipinski definition) is 0. The maximum absolute atomic E-state index is 5.89. The monoisotopic (exact) mass is 1070 g/mol. The van der Waals surface area contributed by atoms with Crippen LogP contribution in [0.1, 0.15) is 44.5 Å². The van der Waals surface area contributed by atoms with Crippen molar-refractivity contribution in [1.82, 2.24) is 9.97 Å². The van der Waals surface area contributed by atoms with E-state index in [0.717, 1.165) is 73.4 Å². The summed E-state index contributed by atoms with van der Waals surface area (Å²) in [7, 11) is 0. The molecule has 0 N–H and O–H groups in total. The smallest absolute Gasteiger partial charge is 0.109 e. The van der Waals surface area contributed by atoms with Crippen LogP contribution in [-0.4, -0.2) is 9.97 Å². The molecule has 2 aromatic heterocycles. The van der Waals surface area contributed by atoms with Crippen LogP contribution in [0.15, 0.2) is 227 Å². The number of hydrogen-bond acceptors (Lipinski definition) is 3. The van der Waals surface area contributed by atoms with Gasteiger partial charge in [-0.1, -0.05) is 214 Å². The molecule has 0 amide bonds. The first-order chi connectivity index (χ1) is 36.0. The summed E-state index contributed by atoms with van der Waals surface area (Å²) in [6, 6.07) is 82.0. The molecule has 5 heteroatoms. The fraction of sp³-hybridized carbons (Fsp3) is 0.0294. The van der Waals surface area contributed by atoms with Crippen LogP contribution in [0.5, 0.6) is 0 Å². The van der Waals surface area contributed by atoms with Crippen LogP contribution < -0.4 is 0 Å². The number of nitrogens with zero attached hydrogens (tertiary/aromatic N) is 2. The lowest BCUT2D eigenvalue weighted by molar-refractivity contribution is 0.794. The quantitative estimate of drug-likeness (QED) is 0.161. The highest BCUT2D eigenvalue weighted by molar-refractivity contribution is 9.10. The van der Waals surface area contributed by atoms with E-state index in [-0.39, 0.29) is 0 Å². The van der Waals surface area contributed by atoms with Gasteiger partial charge in [-0.05, 0) is 147 Å². The Morgan fingerprint density at radius 2 is 0.575 bits per heavy atom. The molecule has 0 unspecified atom stereocenters. The minimum Gasteiger partial charge on any atom is -0.242 e. The SMILES string of the molecule is Brc1ccc2c3ccc(Br)cc3c3nc4c(-c5ccc6c(c5)C5(c7ccccc7-c7ccccc75)c5ccccc5-6)sc(-c5ccc6c(c5)C5(c7ccccc7-c7ccccc75)c5ccccc5-6)c4nc3c2c1. The Morgan fingerprint density at radius 1 is 0.274 bits per heavy atom. The second kappa shape index (κ2) is 14.5. The zero-order chi connectivity index (χ0) is 47.9. The number of thiophene rings is 1. The van der Waals surface area contributed by atoms with Crippen LogP contribution in [0.25, 0.3) is 109 Å². The second-order valence-electron chi connectivity index (χ2n) is 20.1. The maximum Gasteiger partial charge on any atom is 0.109 e. The molecule has 11 aromatic carbocycles. The zero-order valence-corrected chi connectivity index (χ0v) is 42.8. The average Bonchev–Trinajstić information content (AvgIpc) is 4.22. The second-order valence-corrected chi connectivity index (χ2v) is 22.9. The highest BCUT2D eigenvalue weighted by atomic mass is 79.9. The minimum absolute atomic E-state index is 0.477. The van der Waals surface area contributed by atoms with Crippen LogP contribution in [0, 0.1) is 0 Å². The van der Waals surface area contributed by atoms with Crippen molar-refractivity contribution in [3.05, 3.63) is 272 Å². The highest BCUT2D eigenvalue weighted by Gasteiger charge is 2.53. The summed E-state index contributed by atoms with van der Waals surface area (Å²) in [6.07, 6.45) is 0. The van der Waals surface area contributed by atoms with E-state index in [9.17, 15) is 0 Å². The predicted octanol–water partition coefficient (Wildman–Crippen LogP) is 18.7. The fourth-order valence-electron chi connectivity index (χ4n) is 14.1. The van der Waals surface area contributed by atoms with Gasteiger partial charge in [-0.15, -0.1) is 11.3 Å². The summed E-state index contributed by atoms with van der Waals surface area (Å²) < 4.78 is 2.02. The van der Waals surface area contributed by atoms with Crippen molar-refractivity contribution in [2.75, 3.05) is 0 Å². The molecule has 4 aliphatic carbocycles. The molecule has 17 rings (SSSR count). The van der Waals surface area contributed by atoms with Crippen molar-refractivity contribution in [2.45, 2.75) is 10.8 Å². The van der Waals surface area contributed by atoms with E-state index < -0.39 is 10.8 Å². The summed E-state index contributed by atoms with van der Waals surface area (Å²) >= 11 is 9.53. The Morgan fingerprint density at radius 3 is 0.904 bits per heavy atom. The third-order valence-electron chi connectivity index (χ3n) is 16.8. The lowest BCUT2D eigenvalue weighted by Gasteiger charge is -2.30. The summed E-state index contributed by atoms with van der Waals surface area (Å²) in [5.74, 6) is 0. The molecule has 0 aliphatic heterocycles. The van der Waals surface area contributed by atoms with E-state index in [2.05, 4.69) is 250 Å². The van der Waals surface area contributed by atoms with E-state index in [4.69, 9.17) is 9.97 Å². The third kappa shape index (κ3) is 5.03. The van der Waals surface area contributed by atoms with Crippen molar-refractivity contribution in [1.29, 1.82) is 0 Å². The van der Waals surface area contributed by atoms with E-state index >= 15 is 0 Å². The topological polar surface area (TPSA) is 25.8 Å². The van der Waals surface area contributed by atoms with Gasteiger partial charge in [0.1, 0.15) is 11.0 Å². The fourth-order valence-corrected chi connectivity index (χ4v) is 16.0. The Bertz CT molecular complexity index is 4260. The van der Waals surface area contributed by atoms with Gasteiger partial charge in [0.25, 0.3) is 0 Å². The first-order valence-electron chi connectivity index (χ1n) is 24.8. The highest BCUT2D eigenvalue weighted by Crippen LogP contribution is 2.65. The maximum atomic E-state index is 5.89. The molecule has 0 fully saturated rings. The van der Waals surface area contributed by atoms with E-state index in [1.54, 1.807) is 0 Å². The number of fused-ring (bicyclic) bond motifs is 27. The normalized spacial score (nSPS) is 14.4. The van der Waals surface area contributed by atoms with Gasteiger partial charge in [0, 0.05) is 19.7 Å². The lowest BCUT2D eigenvalue weighted by Crippen LogP contribution is -2.25. The molecule has 0 saturated carbocycles. The van der Waals surface area contributed by atoms with Crippen molar-refractivity contribution in [2.24, 2.45) is 0 Å². The summed E-state index contributed by atoms with van der Waals surface area (Å²) in [6.45, 7) is 0. The average molecular weight is 1070 g/mol. The number of halogens is 2. The predicted molar refractivity (Wildman–Crippen MR) is 309 cm³/mol. The van der Waals surface area contributed by atoms with Crippen LogP contribution in [-0.2, 0) is 10.8 Å². The molecule has 73 heavy (non-hydrogen) atoms. The van der Waals surface area contributed by atoms with Gasteiger partial charge in [-0.25, -0.2) is 9.97 Å². The first-order valence-corrected chi connectivity index (χ1v) is 27.2. The zero-order valence-electron chi connectivity index (χ0n) is 38.8. The molecule has 2 heterocycles. The van der Waals surface area contributed by atoms with E-state index in [1.165, 1.54) is 89.0 Å². The largest absolute Gasteiger partial charge is 0.242 e. The molecule has 2 spiro atoms. The van der Waals surface area contributed by atoms with Gasteiger partial charge >= 0.3 is 0 Å². The molecule has 0 radical (unpaired) electrons. The first kappa shape index (κ1) is 40.8. The minimum atomic E-state index is -0.477. The Kier molecular flexibility index (Phi) is 8.07. The molecule has 2 nitrogen and oxygen atoms in total. The van der Waals surface area contributed by atoms with Crippen molar-refractivity contribution in [3.8, 4) is 65.4 Å². The van der Waals surface area contributed by atoms with Gasteiger partial charge < -0.3 is 0 Å². The van der Waals surface area contributed by atoms with Crippen LogP contribution in [0.3, 0.4) is 0 Å². The number of rotatable bonds is 2. The van der Waals surface area contributed by atoms with Crippen molar-refractivity contribution < 1.29 is 0 Å². The summed E-state index contributed by atoms with van der Waals surface area (Å²) in [5.41, 5.74) is 25.9.